The first kappa shape index (κ1) is 23.7. The lowest BCUT2D eigenvalue weighted by atomic mass is 9.96. The first-order valence-electron chi connectivity index (χ1n) is 11.3. The zero-order valence-electron chi connectivity index (χ0n) is 18.2. The third-order valence-electron chi connectivity index (χ3n) is 6.32. The van der Waals surface area contributed by atoms with E-state index in [-0.39, 0.29) is 11.9 Å². The predicted molar refractivity (Wildman–Crippen MR) is 133 cm³/mol. The van der Waals surface area contributed by atoms with Gasteiger partial charge in [0.15, 0.2) is 0 Å². The SMILES string of the molecule is O=C(CC1=CCCS1)N1CCC[C@@H](CN2CCN(C(=O)Nc3ccc(Cl)c(Cl)c3)CC2)C1. The Hall–Kier alpha value is -1.41. The van der Waals surface area contributed by atoms with Crippen molar-refractivity contribution in [2.75, 3.05) is 56.9 Å². The third kappa shape index (κ3) is 6.34. The molecule has 3 amide bonds. The molecule has 4 rings (SSSR count). The summed E-state index contributed by atoms with van der Waals surface area (Å²) in [6.07, 6.45) is 6.12. The van der Waals surface area contributed by atoms with Crippen LogP contribution in [0.25, 0.3) is 0 Å². The van der Waals surface area contributed by atoms with Crippen molar-refractivity contribution in [3.8, 4) is 0 Å². The summed E-state index contributed by atoms with van der Waals surface area (Å²) in [7, 11) is 0. The summed E-state index contributed by atoms with van der Waals surface area (Å²) in [6.45, 7) is 5.81. The number of carbonyl (C=O) groups is 2. The lowest BCUT2D eigenvalue weighted by Gasteiger charge is -2.39. The zero-order chi connectivity index (χ0) is 22.5. The van der Waals surface area contributed by atoms with Gasteiger partial charge >= 0.3 is 6.03 Å². The molecule has 2 saturated heterocycles. The fourth-order valence-corrected chi connectivity index (χ4v) is 5.83. The average Bonchev–Trinajstić information content (AvgIpc) is 3.30. The van der Waals surface area contributed by atoms with Gasteiger partial charge in [0.05, 0.1) is 16.5 Å². The number of halogens is 2. The van der Waals surface area contributed by atoms with Crippen molar-refractivity contribution in [3.63, 3.8) is 0 Å². The molecule has 0 spiro atoms. The number of piperidine rings is 1. The summed E-state index contributed by atoms with van der Waals surface area (Å²) in [5, 5.41) is 3.79. The first-order valence-corrected chi connectivity index (χ1v) is 13.0. The molecule has 0 aromatic heterocycles. The van der Waals surface area contributed by atoms with Crippen LogP contribution in [0, 0.1) is 5.92 Å². The first-order chi connectivity index (χ1) is 15.5. The number of anilines is 1. The summed E-state index contributed by atoms with van der Waals surface area (Å²) >= 11 is 13.8. The monoisotopic (exact) mass is 496 g/mol. The van der Waals surface area contributed by atoms with Gasteiger partial charge in [-0.3, -0.25) is 9.69 Å². The standard InChI is InChI=1S/C23H30Cl2N4O2S/c24-20-6-5-18(13-21(20)25)26-23(31)28-10-8-27(9-11-28)15-17-3-1-7-29(16-17)22(30)14-19-4-2-12-32-19/h4-6,13,17H,1-3,7-12,14-16H2,(H,26,31)/t17-/m0/s1. The molecule has 32 heavy (non-hydrogen) atoms. The van der Waals surface area contributed by atoms with E-state index in [9.17, 15) is 9.59 Å². The van der Waals surface area contributed by atoms with Gasteiger partial charge in [-0.25, -0.2) is 4.79 Å². The number of rotatable bonds is 5. The molecule has 2 fully saturated rings. The highest BCUT2D eigenvalue weighted by atomic mass is 35.5. The fraction of sp³-hybridized carbons (Fsp3) is 0.565. The maximum atomic E-state index is 12.7. The molecule has 6 nitrogen and oxygen atoms in total. The molecule has 3 aliphatic heterocycles. The van der Waals surface area contributed by atoms with Crippen molar-refractivity contribution in [1.29, 1.82) is 0 Å². The number of hydrogen-bond acceptors (Lipinski definition) is 4. The Bertz CT molecular complexity index is 874. The molecule has 0 bridgehead atoms. The molecule has 0 aliphatic carbocycles. The number of thioether (sulfide) groups is 1. The van der Waals surface area contributed by atoms with Gasteiger partial charge in [-0.15, -0.1) is 11.8 Å². The molecular weight excluding hydrogens is 467 g/mol. The molecule has 0 unspecified atom stereocenters. The molecule has 1 atom stereocenters. The van der Waals surface area contributed by atoms with E-state index in [1.165, 1.54) is 11.3 Å². The van der Waals surface area contributed by atoms with Gasteiger partial charge in [0.2, 0.25) is 5.91 Å². The van der Waals surface area contributed by atoms with Crippen LogP contribution in [-0.4, -0.2) is 78.2 Å². The second-order valence-corrected chi connectivity index (χ2v) is 10.7. The van der Waals surface area contributed by atoms with E-state index in [1.807, 2.05) is 16.7 Å². The van der Waals surface area contributed by atoms with Crippen LogP contribution >= 0.6 is 35.0 Å². The van der Waals surface area contributed by atoms with E-state index in [4.69, 9.17) is 23.2 Å². The van der Waals surface area contributed by atoms with Crippen molar-refractivity contribution in [2.45, 2.75) is 25.7 Å². The second kappa shape index (κ2) is 11.1. The number of piperazine rings is 1. The van der Waals surface area contributed by atoms with E-state index in [2.05, 4.69) is 21.2 Å². The molecule has 1 aromatic rings. The van der Waals surface area contributed by atoms with E-state index in [0.717, 1.165) is 51.3 Å². The van der Waals surface area contributed by atoms with Gasteiger partial charge in [0.1, 0.15) is 0 Å². The highest BCUT2D eigenvalue weighted by molar-refractivity contribution is 8.03. The van der Waals surface area contributed by atoms with Crippen molar-refractivity contribution in [2.24, 2.45) is 5.92 Å². The number of nitrogens with zero attached hydrogens (tertiary/aromatic N) is 3. The molecule has 3 aliphatic rings. The molecule has 1 N–H and O–H groups in total. The summed E-state index contributed by atoms with van der Waals surface area (Å²) < 4.78 is 0. The summed E-state index contributed by atoms with van der Waals surface area (Å²) in [6, 6.07) is 4.98. The van der Waals surface area contributed by atoms with Crippen LogP contribution in [0.4, 0.5) is 10.5 Å². The number of likely N-dealkylation sites (tertiary alicyclic amines) is 1. The van der Waals surface area contributed by atoms with E-state index in [0.29, 0.717) is 41.2 Å². The minimum atomic E-state index is -0.114. The Morgan fingerprint density at radius 2 is 1.88 bits per heavy atom. The maximum Gasteiger partial charge on any atom is 0.321 e. The number of nitrogens with one attached hydrogen (secondary N) is 1. The van der Waals surface area contributed by atoms with Gasteiger partial charge in [-0.2, -0.15) is 0 Å². The number of carbonyl (C=O) groups excluding carboxylic acids is 2. The Balaban J connectivity index is 1.20. The number of amides is 3. The van der Waals surface area contributed by atoms with Crippen LogP contribution in [0.2, 0.25) is 10.0 Å². The Morgan fingerprint density at radius 3 is 2.59 bits per heavy atom. The minimum absolute atomic E-state index is 0.114. The fourth-order valence-electron chi connectivity index (χ4n) is 4.57. The van der Waals surface area contributed by atoms with Crippen molar-refractivity contribution in [1.82, 2.24) is 14.7 Å². The lowest BCUT2D eigenvalue weighted by molar-refractivity contribution is -0.132. The van der Waals surface area contributed by atoms with Crippen LogP contribution < -0.4 is 5.32 Å². The highest BCUT2D eigenvalue weighted by Crippen LogP contribution is 2.29. The largest absolute Gasteiger partial charge is 0.342 e. The Kier molecular flexibility index (Phi) is 8.27. The summed E-state index contributed by atoms with van der Waals surface area (Å²) in [5.41, 5.74) is 0.644. The summed E-state index contributed by atoms with van der Waals surface area (Å²) in [4.78, 5) is 32.9. The van der Waals surface area contributed by atoms with Crippen LogP contribution in [0.1, 0.15) is 25.7 Å². The molecule has 174 valence electrons. The summed E-state index contributed by atoms with van der Waals surface area (Å²) in [5.74, 6) is 1.90. The van der Waals surface area contributed by atoms with Crippen LogP contribution in [-0.2, 0) is 4.79 Å². The number of hydrogen-bond donors (Lipinski definition) is 1. The highest BCUT2D eigenvalue weighted by Gasteiger charge is 2.28. The maximum absolute atomic E-state index is 12.7. The normalized spacial score (nSPS) is 22.1. The predicted octanol–water partition coefficient (Wildman–Crippen LogP) is 4.79. The van der Waals surface area contributed by atoms with E-state index < -0.39 is 0 Å². The topological polar surface area (TPSA) is 55.9 Å². The lowest BCUT2D eigenvalue weighted by Crippen LogP contribution is -2.52. The zero-order valence-corrected chi connectivity index (χ0v) is 20.5. The molecule has 3 heterocycles. The smallest absolute Gasteiger partial charge is 0.321 e. The Morgan fingerprint density at radius 1 is 1.06 bits per heavy atom. The van der Waals surface area contributed by atoms with Gasteiger partial charge in [0, 0.05) is 57.3 Å². The molecule has 0 radical (unpaired) electrons. The van der Waals surface area contributed by atoms with Crippen LogP contribution in [0.15, 0.2) is 29.2 Å². The van der Waals surface area contributed by atoms with Crippen LogP contribution in [0.3, 0.4) is 0 Å². The average molecular weight is 497 g/mol. The van der Waals surface area contributed by atoms with Gasteiger partial charge in [0.25, 0.3) is 0 Å². The van der Waals surface area contributed by atoms with Gasteiger partial charge < -0.3 is 15.1 Å². The third-order valence-corrected chi connectivity index (χ3v) is 8.18. The van der Waals surface area contributed by atoms with Gasteiger partial charge in [-0.1, -0.05) is 29.3 Å². The Labute approximate surface area is 204 Å². The quantitative estimate of drug-likeness (QED) is 0.636. The second-order valence-electron chi connectivity index (χ2n) is 8.68. The minimum Gasteiger partial charge on any atom is -0.342 e. The van der Waals surface area contributed by atoms with Gasteiger partial charge in [-0.05, 0) is 48.3 Å². The molecule has 9 heteroatoms. The van der Waals surface area contributed by atoms with Crippen molar-refractivity contribution < 1.29 is 9.59 Å². The van der Waals surface area contributed by atoms with E-state index in [1.54, 1.807) is 18.2 Å². The molecule has 0 saturated carbocycles. The van der Waals surface area contributed by atoms with Crippen molar-refractivity contribution in [3.05, 3.63) is 39.2 Å². The molecule has 1 aromatic carbocycles. The number of benzene rings is 1. The van der Waals surface area contributed by atoms with Crippen LogP contribution in [0.5, 0.6) is 0 Å². The molecular formula is C23H30Cl2N4O2S. The van der Waals surface area contributed by atoms with Crippen molar-refractivity contribution >= 4 is 52.6 Å². The number of allylic oxidation sites excluding steroid dienone is 1. The van der Waals surface area contributed by atoms with E-state index >= 15 is 0 Å². The number of urea groups is 1.